The SMILES string of the molecule is COc1cc2ncn(CCCC(=O)N3CCCC(C(=O)NC4CCCCC4)C3)c(=O)c2cc1OC. The number of likely N-dealkylation sites (tertiary alicyclic amines) is 1. The van der Waals surface area contributed by atoms with E-state index >= 15 is 0 Å². The Labute approximate surface area is 205 Å². The Hall–Kier alpha value is -3.10. The molecule has 2 amide bonds. The van der Waals surface area contributed by atoms with Crippen LogP contribution in [0.1, 0.15) is 57.8 Å². The third-order valence-electron chi connectivity index (χ3n) is 7.22. The number of ether oxygens (including phenoxy) is 2. The molecule has 9 heteroatoms. The Morgan fingerprint density at radius 3 is 2.54 bits per heavy atom. The first-order chi connectivity index (χ1) is 17.0. The lowest BCUT2D eigenvalue weighted by Crippen LogP contribution is -2.47. The van der Waals surface area contributed by atoms with E-state index in [1.54, 1.807) is 12.1 Å². The van der Waals surface area contributed by atoms with Gasteiger partial charge in [0.2, 0.25) is 11.8 Å². The molecule has 2 aliphatic rings. The molecule has 1 atom stereocenters. The van der Waals surface area contributed by atoms with Gasteiger partial charge in [-0.3, -0.25) is 19.0 Å². The second kappa shape index (κ2) is 11.6. The molecule has 0 radical (unpaired) electrons. The summed E-state index contributed by atoms with van der Waals surface area (Å²) < 4.78 is 12.1. The van der Waals surface area contributed by atoms with E-state index in [1.165, 1.54) is 44.4 Å². The molecule has 4 rings (SSSR count). The van der Waals surface area contributed by atoms with Crippen LogP contribution in [0.25, 0.3) is 10.9 Å². The van der Waals surface area contributed by atoms with Crippen molar-refractivity contribution in [2.45, 2.75) is 70.4 Å². The number of methoxy groups -OCH3 is 2. The van der Waals surface area contributed by atoms with Crippen molar-refractivity contribution in [3.63, 3.8) is 0 Å². The van der Waals surface area contributed by atoms with Gasteiger partial charge in [0.25, 0.3) is 5.56 Å². The Kier molecular flexibility index (Phi) is 8.25. The van der Waals surface area contributed by atoms with Gasteiger partial charge in [-0.1, -0.05) is 19.3 Å². The van der Waals surface area contributed by atoms with Crippen molar-refractivity contribution >= 4 is 22.7 Å². The summed E-state index contributed by atoms with van der Waals surface area (Å²) in [5, 5.41) is 3.65. The fourth-order valence-corrected chi connectivity index (χ4v) is 5.19. The molecule has 0 bridgehead atoms. The average Bonchev–Trinajstić information content (AvgIpc) is 2.89. The number of benzene rings is 1. The highest BCUT2D eigenvalue weighted by atomic mass is 16.5. The highest BCUT2D eigenvalue weighted by Crippen LogP contribution is 2.29. The molecule has 0 spiro atoms. The second-order valence-corrected chi connectivity index (χ2v) is 9.59. The summed E-state index contributed by atoms with van der Waals surface area (Å²) in [7, 11) is 3.06. The number of hydrogen-bond donors (Lipinski definition) is 1. The normalized spacial score (nSPS) is 18.9. The van der Waals surface area contributed by atoms with Gasteiger partial charge in [0.15, 0.2) is 11.5 Å². The second-order valence-electron chi connectivity index (χ2n) is 9.59. The van der Waals surface area contributed by atoms with Gasteiger partial charge in [-0.15, -0.1) is 0 Å². The summed E-state index contributed by atoms with van der Waals surface area (Å²) in [6.07, 6.45) is 9.75. The van der Waals surface area contributed by atoms with E-state index in [0.29, 0.717) is 54.9 Å². The lowest BCUT2D eigenvalue weighted by Gasteiger charge is -2.33. The molecular formula is C26H36N4O5. The van der Waals surface area contributed by atoms with Gasteiger partial charge in [0.1, 0.15) is 0 Å². The minimum atomic E-state index is -0.180. The van der Waals surface area contributed by atoms with Crippen molar-refractivity contribution in [2.24, 2.45) is 5.92 Å². The number of rotatable bonds is 8. The number of carbonyl (C=O) groups excluding carboxylic acids is 2. The maximum Gasteiger partial charge on any atom is 0.261 e. The van der Waals surface area contributed by atoms with E-state index < -0.39 is 0 Å². The fourth-order valence-electron chi connectivity index (χ4n) is 5.19. The Morgan fingerprint density at radius 2 is 1.80 bits per heavy atom. The molecule has 1 saturated carbocycles. The van der Waals surface area contributed by atoms with Crippen LogP contribution >= 0.6 is 0 Å². The monoisotopic (exact) mass is 484 g/mol. The Bertz CT molecular complexity index is 1110. The van der Waals surface area contributed by atoms with E-state index in [9.17, 15) is 14.4 Å². The van der Waals surface area contributed by atoms with Crippen LogP contribution in [0.3, 0.4) is 0 Å². The fraction of sp³-hybridized carbons (Fsp3) is 0.615. The lowest BCUT2D eigenvalue weighted by atomic mass is 9.93. The van der Waals surface area contributed by atoms with E-state index in [0.717, 1.165) is 25.7 Å². The van der Waals surface area contributed by atoms with Gasteiger partial charge in [-0.2, -0.15) is 0 Å². The van der Waals surface area contributed by atoms with Crippen molar-refractivity contribution in [1.29, 1.82) is 0 Å². The smallest absolute Gasteiger partial charge is 0.261 e. The van der Waals surface area contributed by atoms with Crippen molar-refractivity contribution in [3.05, 3.63) is 28.8 Å². The van der Waals surface area contributed by atoms with Crippen LogP contribution in [0.2, 0.25) is 0 Å². The van der Waals surface area contributed by atoms with E-state index in [-0.39, 0.29) is 29.3 Å². The zero-order valence-corrected chi connectivity index (χ0v) is 20.8. The number of amides is 2. The van der Waals surface area contributed by atoms with E-state index in [1.807, 2.05) is 4.90 Å². The van der Waals surface area contributed by atoms with Crippen LogP contribution in [0.5, 0.6) is 11.5 Å². The van der Waals surface area contributed by atoms with Gasteiger partial charge in [-0.25, -0.2) is 4.98 Å². The van der Waals surface area contributed by atoms with Crippen LogP contribution in [-0.2, 0) is 16.1 Å². The zero-order chi connectivity index (χ0) is 24.8. The maximum absolute atomic E-state index is 12.9. The highest BCUT2D eigenvalue weighted by molar-refractivity contribution is 5.82. The largest absolute Gasteiger partial charge is 0.493 e. The third-order valence-corrected chi connectivity index (χ3v) is 7.22. The first-order valence-electron chi connectivity index (χ1n) is 12.7. The summed E-state index contributed by atoms with van der Waals surface area (Å²) in [5.74, 6) is 0.985. The number of aromatic nitrogens is 2. The van der Waals surface area contributed by atoms with Crippen LogP contribution in [-0.4, -0.2) is 59.6 Å². The Morgan fingerprint density at radius 1 is 1.06 bits per heavy atom. The van der Waals surface area contributed by atoms with Crippen LogP contribution < -0.4 is 20.3 Å². The third kappa shape index (κ3) is 5.94. The molecule has 1 aromatic heterocycles. The molecule has 1 unspecified atom stereocenters. The number of nitrogens with zero attached hydrogens (tertiary/aromatic N) is 3. The maximum atomic E-state index is 12.9. The standard InChI is InChI=1S/C26H36N4O5/c1-34-22-14-20-21(15-23(22)35-2)27-17-30(26(20)33)13-7-11-24(31)29-12-6-8-18(16-29)25(32)28-19-9-4-3-5-10-19/h14-15,17-19H,3-13,16H2,1-2H3,(H,28,32). The van der Waals surface area contributed by atoms with Crippen LogP contribution in [0.15, 0.2) is 23.3 Å². The minimum absolute atomic E-state index is 0.0355. The summed E-state index contributed by atoms with van der Waals surface area (Å²) in [5.41, 5.74) is 0.353. The number of hydrogen-bond acceptors (Lipinski definition) is 6. The molecule has 2 aromatic rings. The number of carbonyl (C=O) groups is 2. The summed E-state index contributed by atoms with van der Waals surface area (Å²) in [4.78, 5) is 44.7. The lowest BCUT2D eigenvalue weighted by molar-refractivity contribution is -0.136. The molecule has 1 aliphatic heterocycles. The van der Waals surface area contributed by atoms with E-state index in [2.05, 4.69) is 10.3 Å². The van der Waals surface area contributed by atoms with E-state index in [4.69, 9.17) is 9.47 Å². The number of aryl methyl sites for hydroxylation is 1. The molecular weight excluding hydrogens is 448 g/mol. The van der Waals surface area contributed by atoms with Crippen molar-refractivity contribution in [1.82, 2.24) is 19.8 Å². The highest BCUT2D eigenvalue weighted by Gasteiger charge is 2.29. The van der Waals surface area contributed by atoms with Gasteiger partial charge >= 0.3 is 0 Å². The molecule has 190 valence electrons. The molecule has 1 aliphatic carbocycles. The van der Waals surface area contributed by atoms with Crippen molar-refractivity contribution in [3.8, 4) is 11.5 Å². The minimum Gasteiger partial charge on any atom is -0.493 e. The van der Waals surface area contributed by atoms with Crippen LogP contribution in [0, 0.1) is 5.92 Å². The van der Waals surface area contributed by atoms with Gasteiger partial charge in [0.05, 0.1) is 37.4 Å². The molecule has 2 fully saturated rings. The van der Waals surface area contributed by atoms with Crippen molar-refractivity contribution < 1.29 is 19.1 Å². The quantitative estimate of drug-likeness (QED) is 0.618. The zero-order valence-electron chi connectivity index (χ0n) is 20.8. The molecule has 35 heavy (non-hydrogen) atoms. The molecule has 2 heterocycles. The first-order valence-corrected chi connectivity index (χ1v) is 12.7. The van der Waals surface area contributed by atoms with Gasteiger partial charge < -0.3 is 19.7 Å². The predicted molar refractivity (Wildman–Crippen MR) is 133 cm³/mol. The molecule has 1 saturated heterocycles. The molecule has 1 aromatic carbocycles. The van der Waals surface area contributed by atoms with Gasteiger partial charge in [-0.05, 0) is 38.2 Å². The molecule has 1 N–H and O–H groups in total. The topological polar surface area (TPSA) is 103 Å². The number of nitrogens with one attached hydrogen (secondary N) is 1. The first kappa shape index (κ1) is 25.0. The average molecular weight is 485 g/mol. The Balaban J connectivity index is 1.31. The number of piperidine rings is 1. The van der Waals surface area contributed by atoms with Crippen molar-refractivity contribution in [2.75, 3.05) is 27.3 Å². The summed E-state index contributed by atoms with van der Waals surface area (Å²) in [6, 6.07) is 3.61. The summed E-state index contributed by atoms with van der Waals surface area (Å²) in [6.45, 7) is 1.56. The number of fused-ring (bicyclic) bond motifs is 1. The predicted octanol–water partition coefficient (Wildman–Crippen LogP) is 2.88. The van der Waals surface area contributed by atoms with Crippen LogP contribution in [0.4, 0.5) is 0 Å². The van der Waals surface area contributed by atoms with Gasteiger partial charge in [0, 0.05) is 38.2 Å². The summed E-state index contributed by atoms with van der Waals surface area (Å²) >= 11 is 0. The molecule has 9 nitrogen and oxygen atoms in total.